The lowest BCUT2D eigenvalue weighted by Gasteiger charge is -2.33. The van der Waals surface area contributed by atoms with E-state index in [4.69, 9.17) is 4.74 Å². The van der Waals surface area contributed by atoms with Crippen LogP contribution in [-0.4, -0.2) is 65.0 Å². The van der Waals surface area contributed by atoms with E-state index in [9.17, 15) is 4.79 Å². The average Bonchev–Trinajstić information content (AvgIpc) is 3.26. The van der Waals surface area contributed by atoms with Gasteiger partial charge in [-0.3, -0.25) is 14.4 Å². The largest absolute Gasteiger partial charge is 0.374 e. The first-order chi connectivity index (χ1) is 11.7. The molecule has 2 aromatic heterocycles. The number of aromatic nitrogens is 3. The van der Waals surface area contributed by atoms with Crippen LogP contribution in [-0.2, 0) is 16.1 Å². The van der Waals surface area contributed by atoms with Crippen LogP contribution in [0.4, 0.5) is 5.13 Å². The van der Waals surface area contributed by atoms with Crippen LogP contribution in [0.1, 0.15) is 12.8 Å². The summed E-state index contributed by atoms with van der Waals surface area (Å²) in [6.07, 6.45) is 6.66. The average molecular weight is 349 g/mol. The lowest BCUT2D eigenvalue weighted by atomic mass is 10.2. The van der Waals surface area contributed by atoms with Crippen molar-refractivity contribution >= 4 is 22.4 Å². The topological polar surface area (TPSA) is 63.5 Å². The van der Waals surface area contributed by atoms with E-state index in [2.05, 4.69) is 22.0 Å². The van der Waals surface area contributed by atoms with Gasteiger partial charge in [-0.15, -0.1) is 11.3 Å². The Labute approximate surface area is 145 Å². The second-order valence-corrected chi connectivity index (χ2v) is 6.82. The number of nitrogens with zero attached hydrogens (tertiary/aromatic N) is 5. The van der Waals surface area contributed by atoms with E-state index in [1.807, 2.05) is 22.3 Å². The van der Waals surface area contributed by atoms with Crippen molar-refractivity contribution in [1.29, 1.82) is 0 Å². The smallest absolute Gasteiger partial charge is 0.228 e. The summed E-state index contributed by atoms with van der Waals surface area (Å²) in [5, 5.41) is 6.81. The van der Waals surface area contributed by atoms with Gasteiger partial charge in [0, 0.05) is 50.0 Å². The minimum absolute atomic E-state index is 0.0303. The van der Waals surface area contributed by atoms with E-state index >= 15 is 0 Å². The van der Waals surface area contributed by atoms with Gasteiger partial charge in [0.25, 0.3) is 0 Å². The Morgan fingerprint density at radius 2 is 2.42 bits per heavy atom. The number of rotatable bonds is 7. The standard InChI is InChI=1S/C16H23N5O2S/c1-19-9-10-23-14(12-19)13-21(16-17-6-11-24-16)15(22)4-2-7-20-8-3-5-18-20/h3,5-6,8,11,14H,2,4,7,9-10,12-13H2,1H3/t14-/m0/s1. The zero-order valence-corrected chi connectivity index (χ0v) is 14.7. The van der Waals surface area contributed by atoms with E-state index in [0.29, 0.717) is 19.6 Å². The zero-order valence-electron chi connectivity index (χ0n) is 13.9. The summed E-state index contributed by atoms with van der Waals surface area (Å²) in [6.45, 7) is 3.78. The summed E-state index contributed by atoms with van der Waals surface area (Å²) in [6, 6.07) is 1.89. The Morgan fingerprint density at radius 1 is 1.50 bits per heavy atom. The molecule has 0 saturated carbocycles. The molecule has 0 aromatic carbocycles. The number of ether oxygens (including phenoxy) is 1. The van der Waals surface area contributed by atoms with Crippen LogP contribution in [0.25, 0.3) is 0 Å². The third-order valence-electron chi connectivity index (χ3n) is 4.02. The molecule has 0 bridgehead atoms. The molecule has 1 aliphatic heterocycles. The van der Waals surface area contributed by atoms with E-state index < -0.39 is 0 Å². The molecule has 24 heavy (non-hydrogen) atoms. The fraction of sp³-hybridized carbons (Fsp3) is 0.562. The first kappa shape index (κ1) is 17.1. The second kappa shape index (κ2) is 8.36. The maximum absolute atomic E-state index is 12.7. The molecule has 130 valence electrons. The molecular weight excluding hydrogens is 326 g/mol. The first-order valence-corrected chi connectivity index (χ1v) is 9.08. The SMILES string of the molecule is CN1CCO[C@H](CN(C(=O)CCCn2cccn2)c2nccs2)C1. The number of anilines is 1. The number of carbonyl (C=O) groups is 1. The molecule has 3 rings (SSSR count). The molecule has 2 aromatic rings. The van der Waals surface area contributed by atoms with Crippen molar-refractivity contribution in [3.8, 4) is 0 Å². The van der Waals surface area contributed by atoms with Crippen LogP contribution >= 0.6 is 11.3 Å². The minimum Gasteiger partial charge on any atom is -0.374 e. The van der Waals surface area contributed by atoms with Crippen molar-refractivity contribution in [2.75, 3.05) is 38.2 Å². The maximum Gasteiger partial charge on any atom is 0.228 e. The van der Waals surface area contributed by atoms with Gasteiger partial charge in [-0.25, -0.2) is 4.98 Å². The Bertz CT molecular complexity index is 616. The van der Waals surface area contributed by atoms with Crippen LogP contribution in [0.5, 0.6) is 0 Å². The van der Waals surface area contributed by atoms with Crippen LogP contribution in [0, 0.1) is 0 Å². The molecular formula is C16H23N5O2S. The lowest BCUT2D eigenvalue weighted by molar-refractivity contribution is -0.119. The normalized spacial score (nSPS) is 18.6. The molecule has 1 aliphatic rings. The van der Waals surface area contributed by atoms with Gasteiger partial charge in [-0.1, -0.05) is 0 Å². The predicted molar refractivity (Wildman–Crippen MR) is 93.2 cm³/mol. The van der Waals surface area contributed by atoms with Gasteiger partial charge in [0.1, 0.15) is 0 Å². The molecule has 3 heterocycles. The predicted octanol–water partition coefficient (Wildman–Crippen LogP) is 1.48. The minimum atomic E-state index is 0.0303. The van der Waals surface area contributed by atoms with E-state index in [1.54, 1.807) is 17.3 Å². The number of likely N-dealkylation sites (N-methyl/N-ethyl adjacent to an activating group) is 1. The molecule has 0 N–H and O–H groups in total. The monoisotopic (exact) mass is 349 g/mol. The van der Waals surface area contributed by atoms with Crippen molar-refractivity contribution in [2.45, 2.75) is 25.5 Å². The third kappa shape index (κ3) is 4.62. The summed E-state index contributed by atoms with van der Waals surface area (Å²) < 4.78 is 7.67. The van der Waals surface area contributed by atoms with E-state index in [1.165, 1.54) is 11.3 Å². The molecule has 0 spiro atoms. The van der Waals surface area contributed by atoms with Gasteiger partial charge >= 0.3 is 0 Å². The second-order valence-electron chi connectivity index (χ2n) is 5.95. The molecule has 7 nitrogen and oxygen atoms in total. The van der Waals surface area contributed by atoms with Crippen molar-refractivity contribution in [2.24, 2.45) is 0 Å². The number of hydrogen-bond donors (Lipinski definition) is 0. The van der Waals surface area contributed by atoms with Gasteiger partial charge in [0.05, 0.1) is 19.3 Å². The summed E-state index contributed by atoms with van der Waals surface area (Å²) in [7, 11) is 2.08. The first-order valence-electron chi connectivity index (χ1n) is 8.20. The van der Waals surface area contributed by atoms with Crippen LogP contribution in [0.15, 0.2) is 30.0 Å². The Balaban J connectivity index is 1.58. The van der Waals surface area contributed by atoms with E-state index in [0.717, 1.165) is 31.2 Å². The fourth-order valence-corrected chi connectivity index (χ4v) is 3.45. The van der Waals surface area contributed by atoms with Gasteiger partial charge in [-0.05, 0) is 19.5 Å². The number of hydrogen-bond acceptors (Lipinski definition) is 6. The summed E-state index contributed by atoms with van der Waals surface area (Å²) in [5.41, 5.74) is 0. The lowest BCUT2D eigenvalue weighted by Crippen LogP contribution is -2.47. The highest BCUT2D eigenvalue weighted by Crippen LogP contribution is 2.20. The Hall–Kier alpha value is -1.77. The fourth-order valence-electron chi connectivity index (χ4n) is 2.78. The molecule has 1 atom stereocenters. The van der Waals surface area contributed by atoms with Gasteiger partial charge in [0.2, 0.25) is 5.91 Å². The summed E-state index contributed by atoms with van der Waals surface area (Å²) in [4.78, 5) is 21.0. The van der Waals surface area contributed by atoms with Gasteiger partial charge in [0.15, 0.2) is 5.13 Å². The Morgan fingerprint density at radius 3 is 3.12 bits per heavy atom. The molecule has 1 amide bonds. The van der Waals surface area contributed by atoms with Crippen molar-refractivity contribution < 1.29 is 9.53 Å². The molecule has 0 unspecified atom stereocenters. The highest BCUT2D eigenvalue weighted by atomic mass is 32.1. The molecule has 1 saturated heterocycles. The Kier molecular flexibility index (Phi) is 5.95. The quantitative estimate of drug-likeness (QED) is 0.758. The third-order valence-corrected chi connectivity index (χ3v) is 4.81. The summed E-state index contributed by atoms with van der Waals surface area (Å²) >= 11 is 1.49. The van der Waals surface area contributed by atoms with E-state index in [-0.39, 0.29) is 12.0 Å². The van der Waals surface area contributed by atoms with Crippen molar-refractivity contribution in [3.05, 3.63) is 30.0 Å². The number of morpholine rings is 1. The number of aryl methyl sites for hydroxylation is 1. The number of carbonyl (C=O) groups excluding carboxylic acids is 1. The van der Waals surface area contributed by atoms with Crippen LogP contribution in [0.2, 0.25) is 0 Å². The highest BCUT2D eigenvalue weighted by molar-refractivity contribution is 7.13. The number of amides is 1. The molecule has 8 heteroatoms. The van der Waals surface area contributed by atoms with Gasteiger partial charge in [-0.2, -0.15) is 5.10 Å². The zero-order chi connectivity index (χ0) is 16.8. The van der Waals surface area contributed by atoms with Crippen molar-refractivity contribution in [1.82, 2.24) is 19.7 Å². The van der Waals surface area contributed by atoms with Gasteiger partial charge < -0.3 is 9.64 Å². The maximum atomic E-state index is 12.7. The van der Waals surface area contributed by atoms with Crippen LogP contribution in [0.3, 0.4) is 0 Å². The van der Waals surface area contributed by atoms with Crippen LogP contribution < -0.4 is 4.90 Å². The highest BCUT2D eigenvalue weighted by Gasteiger charge is 2.25. The molecule has 0 aliphatic carbocycles. The molecule has 0 radical (unpaired) electrons. The molecule has 1 fully saturated rings. The summed E-state index contributed by atoms with van der Waals surface area (Å²) in [5.74, 6) is 0.0916. The number of thiazole rings is 1. The van der Waals surface area contributed by atoms with Crippen molar-refractivity contribution in [3.63, 3.8) is 0 Å².